The third-order valence-corrected chi connectivity index (χ3v) is 4.69. The Morgan fingerprint density at radius 3 is 2.54 bits per heavy atom. The number of nitrogens with zero attached hydrogens (tertiary/aromatic N) is 3. The van der Waals surface area contributed by atoms with Crippen LogP contribution in [0.3, 0.4) is 0 Å². The van der Waals surface area contributed by atoms with Gasteiger partial charge in [-0.1, -0.05) is 13.0 Å². The fourth-order valence-corrected chi connectivity index (χ4v) is 3.39. The minimum absolute atomic E-state index is 0.0403. The maximum absolute atomic E-state index is 13.2. The highest BCUT2D eigenvalue weighted by molar-refractivity contribution is 5.94. The maximum atomic E-state index is 13.2. The quantitative estimate of drug-likeness (QED) is 0.722. The smallest absolute Gasteiger partial charge is 0.320 e. The molecule has 0 aliphatic carbocycles. The van der Waals surface area contributed by atoms with Crippen molar-refractivity contribution in [1.82, 2.24) is 9.88 Å². The lowest BCUT2D eigenvalue weighted by Gasteiger charge is -2.34. The van der Waals surface area contributed by atoms with E-state index in [1.807, 2.05) is 46.0 Å². The van der Waals surface area contributed by atoms with Crippen LogP contribution < -0.4 is 10.2 Å². The van der Waals surface area contributed by atoms with E-state index in [-0.39, 0.29) is 24.3 Å². The molecule has 7 nitrogen and oxygen atoms in total. The fourth-order valence-electron chi connectivity index (χ4n) is 3.39. The van der Waals surface area contributed by atoms with Crippen molar-refractivity contribution in [3.63, 3.8) is 0 Å². The zero-order valence-corrected chi connectivity index (χ0v) is 17.8. The minimum atomic E-state index is -0.471. The molecule has 1 aromatic heterocycles. The molecule has 1 aliphatic heterocycles. The van der Waals surface area contributed by atoms with Gasteiger partial charge in [0.25, 0.3) is 0 Å². The Labute approximate surface area is 168 Å². The highest BCUT2D eigenvalue weighted by Crippen LogP contribution is 2.24. The molecule has 0 radical (unpaired) electrons. The number of carbonyl (C=O) groups excluding carboxylic acids is 2. The molecular weight excluding hydrogens is 356 g/mol. The van der Waals surface area contributed by atoms with Gasteiger partial charge in [-0.25, -0.2) is 4.98 Å². The summed E-state index contributed by atoms with van der Waals surface area (Å²) in [7, 11) is 1.82. The van der Waals surface area contributed by atoms with Crippen LogP contribution >= 0.6 is 0 Å². The topological polar surface area (TPSA) is 74.8 Å². The molecule has 156 valence electrons. The van der Waals surface area contributed by atoms with Crippen molar-refractivity contribution in [3.8, 4) is 0 Å². The summed E-state index contributed by atoms with van der Waals surface area (Å²) in [5.41, 5.74) is -0.471. The average Bonchev–Trinajstić information content (AvgIpc) is 2.64. The van der Waals surface area contributed by atoms with Gasteiger partial charge in [0.15, 0.2) is 0 Å². The van der Waals surface area contributed by atoms with E-state index < -0.39 is 5.60 Å². The van der Waals surface area contributed by atoms with Crippen molar-refractivity contribution < 1.29 is 14.3 Å². The Morgan fingerprint density at radius 2 is 1.96 bits per heavy atom. The second kappa shape index (κ2) is 9.87. The number of ether oxygens (including phenoxy) is 1. The standard InChI is InChI=1S/C21H34N4O3/c1-6-12-25(18-9-7-8-17(22-5)23-18)20(27)16-10-13-24(14-11-16)15-19(26)28-21(2,3)4/h7-9,16H,6,10-15H2,1-5H3,(H,22,23). The first kappa shape index (κ1) is 22.1. The fraction of sp³-hybridized carbons (Fsp3) is 0.667. The monoisotopic (exact) mass is 390 g/mol. The van der Waals surface area contributed by atoms with E-state index in [9.17, 15) is 9.59 Å². The number of likely N-dealkylation sites (tertiary alicyclic amines) is 1. The van der Waals surface area contributed by atoms with Crippen LogP contribution in [-0.2, 0) is 14.3 Å². The number of aromatic nitrogens is 1. The first-order chi connectivity index (χ1) is 13.2. The van der Waals surface area contributed by atoms with Crippen LogP contribution in [0.15, 0.2) is 18.2 Å². The van der Waals surface area contributed by atoms with E-state index in [2.05, 4.69) is 22.1 Å². The van der Waals surface area contributed by atoms with Gasteiger partial charge < -0.3 is 10.1 Å². The van der Waals surface area contributed by atoms with Crippen molar-refractivity contribution in [2.24, 2.45) is 5.92 Å². The molecular formula is C21H34N4O3. The summed E-state index contributed by atoms with van der Waals surface area (Å²) >= 11 is 0. The molecule has 1 saturated heterocycles. The molecule has 0 spiro atoms. The number of amides is 1. The number of carbonyl (C=O) groups is 2. The lowest BCUT2D eigenvalue weighted by atomic mass is 9.95. The second-order valence-electron chi connectivity index (χ2n) is 8.26. The van der Waals surface area contributed by atoms with E-state index in [1.54, 1.807) is 4.90 Å². The molecule has 2 rings (SSSR count). The molecule has 28 heavy (non-hydrogen) atoms. The van der Waals surface area contributed by atoms with Gasteiger partial charge in [-0.05, 0) is 65.3 Å². The number of hydrogen-bond donors (Lipinski definition) is 1. The Bertz CT molecular complexity index is 664. The van der Waals surface area contributed by atoms with Crippen LogP contribution in [0.2, 0.25) is 0 Å². The second-order valence-corrected chi connectivity index (χ2v) is 8.26. The zero-order chi connectivity index (χ0) is 20.7. The number of esters is 1. The number of rotatable bonds is 7. The maximum Gasteiger partial charge on any atom is 0.320 e. The summed E-state index contributed by atoms with van der Waals surface area (Å²) in [6, 6.07) is 5.67. The molecule has 1 amide bonds. The molecule has 0 unspecified atom stereocenters. The van der Waals surface area contributed by atoms with Gasteiger partial charge in [0.1, 0.15) is 17.2 Å². The van der Waals surface area contributed by atoms with E-state index >= 15 is 0 Å². The molecule has 0 atom stereocenters. The average molecular weight is 391 g/mol. The number of hydrogen-bond acceptors (Lipinski definition) is 6. The van der Waals surface area contributed by atoms with Crippen molar-refractivity contribution in [1.29, 1.82) is 0 Å². The minimum Gasteiger partial charge on any atom is -0.459 e. The predicted molar refractivity (Wildman–Crippen MR) is 111 cm³/mol. The molecule has 1 aliphatic rings. The molecule has 0 bridgehead atoms. The Morgan fingerprint density at radius 1 is 1.29 bits per heavy atom. The highest BCUT2D eigenvalue weighted by atomic mass is 16.6. The Kier molecular flexibility index (Phi) is 7.80. The van der Waals surface area contributed by atoms with Crippen LogP contribution in [0.25, 0.3) is 0 Å². The molecule has 1 N–H and O–H groups in total. The normalized spacial score (nSPS) is 15.9. The Hall–Kier alpha value is -2.15. The molecule has 0 saturated carbocycles. The van der Waals surface area contributed by atoms with Gasteiger partial charge in [0.05, 0.1) is 6.54 Å². The summed E-state index contributed by atoms with van der Waals surface area (Å²) < 4.78 is 5.39. The van der Waals surface area contributed by atoms with E-state index in [4.69, 9.17) is 4.74 Å². The molecule has 2 heterocycles. The number of nitrogens with one attached hydrogen (secondary N) is 1. The third-order valence-electron chi connectivity index (χ3n) is 4.69. The number of anilines is 2. The number of piperidine rings is 1. The van der Waals surface area contributed by atoms with Gasteiger partial charge in [0, 0.05) is 19.5 Å². The van der Waals surface area contributed by atoms with Crippen molar-refractivity contribution >= 4 is 23.5 Å². The van der Waals surface area contributed by atoms with Crippen molar-refractivity contribution in [2.45, 2.75) is 52.6 Å². The van der Waals surface area contributed by atoms with Gasteiger partial charge >= 0.3 is 5.97 Å². The van der Waals surface area contributed by atoms with Gasteiger partial charge in [-0.3, -0.25) is 19.4 Å². The van der Waals surface area contributed by atoms with E-state index in [1.165, 1.54) is 0 Å². The lowest BCUT2D eigenvalue weighted by Crippen LogP contribution is -2.45. The first-order valence-corrected chi connectivity index (χ1v) is 10.1. The van der Waals surface area contributed by atoms with Crippen LogP contribution in [0.4, 0.5) is 11.6 Å². The van der Waals surface area contributed by atoms with Crippen LogP contribution in [-0.4, -0.2) is 60.6 Å². The van der Waals surface area contributed by atoms with Gasteiger partial charge in [-0.15, -0.1) is 0 Å². The van der Waals surface area contributed by atoms with Gasteiger partial charge in [0.2, 0.25) is 5.91 Å². The summed E-state index contributed by atoms with van der Waals surface area (Å²) in [6.07, 6.45) is 2.36. The van der Waals surface area contributed by atoms with Gasteiger partial charge in [-0.2, -0.15) is 0 Å². The molecule has 1 fully saturated rings. The van der Waals surface area contributed by atoms with Crippen LogP contribution in [0, 0.1) is 5.92 Å². The van der Waals surface area contributed by atoms with Crippen LogP contribution in [0.5, 0.6) is 0 Å². The lowest BCUT2D eigenvalue weighted by molar-refractivity contribution is -0.156. The largest absolute Gasteiger partial charge is 0.459 e. The highest BCUT2D eigenvalue weighted by Gasteiger charge is 2.30. The summed E-state index contributed by atoms with van der Waals surface area (Å²) in [4.78, 5) is 33.6. The predicted octanol–water partition coefficient (Wildman–Crippen LogP) is 2.92. The third kappa shape index (κ3) is 6.48. The molecule has 1 aromatic rings. The summed E-state index contributed by atoms with van der Waals surface area (Å²) in [5, 5.41) is 3.02. The van der Waals surface area contributed by atoms with Crippen molar-refractivity contribution in [2.75, 3.05) is 43.4 Å². The first-order valence-electron chi connectivity index (χ1n) is 10.1. The molecule has 0 aromatic carbocycles. The van der Waals surface area contributed by atoms with E-state index in [0.29, 0.717) is 12.4 Å². The van der Waals surface area contributed by atoms with Crippen LogP contribution in [0.1, 0.15) is 47.0 Å². The Balaban J connectivity index is 1.95. The molecule has 7 heteroatoms. The summed E-state index contributed by atoms with van der Waals surface area (Å²) in [5.74, 6) is 1.31. The number of pyridine rings is 1. The summed E-state index contributed by atoms with van der Waals surface area (Å²) in [6.45, 7) is 10.0. The zero-order valence-electron chi connectivity index (χ0n) is 17.8. The SMILES string of the molecule is CCCN(C(=O)C1CCN(CC(=O)OC(C)(C)C)CC1)c1cccc(NC)n1. The van der Waals surface area contributed by atoms with E-state index in [0.717, 1.165) is 38.2 Å². The van der Waals surface area contributed by atoms with Crippen molar-refractivity contribution in [3.05, 3.63) is 18.2 Å².